The van der Waals surface area contributed by atoms with Gasteiger partial charge in [0.05, 0.1) is 11.1 Å². The largest absolute Gasteiger partial charge is 0.329 e. The second-order valence-electron chi connectivity index (χ2n) is 4.87. The summed E-state index contributed by atoms with van der Waals surface area (Å²) in [6.45, 7) is 1.87. The highest BCUT2D eigenvalue weighted by atomic mass is 16.6. The van der Waals surface area contributed by atoms with Crippen molar-refractivity contribution in [2.45, 2.75) is 6.92 Å². The number of carbonyl (C=O) groups is 2. The highest BCUT2D eigenvalue weighted by molar-refractivity contribution is 6.39. The number of hydrogen-bond donors (Lipinski definition) is 2. The monoisotopic (exact) mass is 326 g/mol. The standard InChI is InChI=1S/C16H14N4O4/c1-11-3-2-4-13(9-11)18-15(21)16(22)19-17-10-12-5-7-14(8-6-12)20(23)24/h2-10H,1H3,(H,18,21)(H,19,22)/b17-10+. The zero-order chi connectivity index (χ0) is 17.5. The van der Waals surface area contributed by atoms with Crippen molar-refractivity contribution < 1.29 is 14.5 Å². The number of aryl methyl sites for hydroxylation is 1. The van der Waals surface area contributed by atoms with Gasteiger partial charge in [-0.1, -0.05) is 12.1 Å². The molecule has 24 heavy (non-hydrogen) atoms. The van der Waals surface area contributed by atoms with E-state index in [4.69, 9.17) is 0 Å². The number of nitro groups is 1. The van der Waals surface area contributed by atoms with Crippen molar-refractivity contribution in [3.63, 3.8) is 0 Å². The van der Waals surface area contributed by atoms with E-state index >= 15 is 0 Å². The van der Waals surface area contributed by atoms with Gasteiger partial charge in [-0.3, -0.25) is 19.7 Å². The molecule has 2 aromatic rings. The fourth-order valence-electron chi connectivity index (χ4n) is 1.81. The third-order valence-corrected chi connectivity index (χ3v) is 2.97. The quantitative estimate of drug-likeness (QED) is 0.387. The summed E-state index contributed by atoms with van der Waals surface area (Å²) in [4.78, 5) is 33.4. The van der Waals surface area contributed by atoms with Gasteiger partial charge in [0.2, 0.25) is 0 Å². The van der Waals surface area contributed by atoms with Crippen LogP contribution in [0.4, 0.5) is 11.4 Å². The Morgan fingerprint density at radius 3 is 2.46 bits per heavy atom. The fourth-order valence-corrected chi connectivity index (χ4v) is 1.81. The van der Waals surface area contributed by atoms with Crippen LogP contribution >= 0.6 is 0 Å². The van der Waals surface area contributed by atoms with E-state index < -0.39 is 16.7 Å². The summed E-state index contributed by atoms with van der Waals surface area (Å²) >= 11 is 0. The normalized spacial score (nSPS) is 10.4. The smallest absolute Gasteiger partial charge is 0.318 e. The highest BCUT2D eigenvalue weighted by Gasteiger charge is 2.12. The lowest BCUT2D eigenvalue weighted by molar-refractivity contribution is -0.384. The Hall–Kier alpha value is -3.55. The number of carbonyl (C=O) groups excluding carboxylic acids is 2. The number of nitro benzene ring substituents is 1. The van der Waals surface area contributed by atoms with Crippen LogP contribution < -0.4 is 10.7 Å². The van der Waals surface area contributed by atoms with Gasteiger partial charge in [0.1, 0.15) is 0 Å². The lowest BCUT2D eigenvalue weighted by Crippen LogP contribution is -2.32. The van der Waals surface area contributed by atoms with Crippen LogP contribution in [0.2, 0.25) is 0 Å². The molecule has 0 radical (unpaired) electrons. The summed E-state index contributed by atoms with van der Waals surface area (Å²) in [6.07, 6.45) is 1.28. The van der Waals surface area contributed by atoms with E-state index in [9.17, 15) is 19.7 Å². The predicted octanol–water partition coefficient (Wildman–Crippen LogP) is 1.99. The van der Waals surface area contributed by atoms with Crippen LogP contribution in [0.25, 0.3) is 0 Å². The number of anilines is 1. The van der Waals surface area contributed by atoms with Crippen molar-refractivity contribution in [3.05, 3.63) is 69.8 Å². The fraction of sp³-hybridized carbons (Fsp3) is 0.0625. The molecule has 0 aromatic heterocycles. The summed E-state index contributed by atoms with van der Waals surface area (Å²) < 4.78 is 0. The van der Waals surface area contributed by atoms with Crippen LogP contribution in [0.1, 0.15) is 11.1 Å². The summed E-state index contributed by atoms with van der Waals surface area (Å²) in [5.41, 5.74) is 4.04. The minimum absolute atomic E-state index is 0.0475. The molecular formula is C16H14N4O4. The Balaban J connectivity index is 1.89. The lowest BCUT2D eigenvalue weighted by Gasteiger charge is -2.04. The summed E-state index contributed by atoms with van der Waals surface area (Å²) in [7, 11) is 0. The number of rotatable bonds is 4. The molecule has 2 rings (SSSR count). The Kier molecular flexibility index (Phi) is 5.35. The topological polar surface area (TPSA) is 114 Å². The van der Waals surface area contributed by atoms with E-state index in [2.05, 4.69) is 15.8 Å². The van der Waals surface area contributed by atoms with E-state index in [0.29, 0.717) is 11.3 Å². The number of benzene rings is 2. The second-order valence-corrected chi connectivity index (χ2v) is 4.87. The van der Waals surface area contributed by atoms with E-state index in [1.165, 1.54) is 30.5 Å². The van der Waals surface area contributed by atoms with Gasteiger partial charge < -0.3 is 5.32 Å². The maximum absolute atomic E-state index is 11.7. The summed E-state index contributed by atoms with van der Waals surface area (Å²) in [6, 6.07) is 12.6. The van der Waals surface area contributed by atoms with Crippen LogP contribution in [-0.4, -0.2) is 23.0 Å². The van der Waals surface area contributed by atoms with Crippen molar-refractivity contribution in [1.82, 2.24) is 5.43 Å². The lowest BCUT2D eigenvalue weighted by atomic mass is 10.2. The zero-order valence-electron chi connectivity index (χ0n) is 12.7. The molecule has 2 amide bonds. The second kappa shape index (κ2) is 7.63. The molecule has 8 heteroatoms. The molecule has 0 bridgehead atoms. The van der Waals surface area contributed by atoms with Gasteiger partial charge in [0.25, 0.3) is 5.69 Å². The first kappa shape index (κ1) is 16.8. The number of hydrogen-bond acceptors (Lipinski definition) is 5. The highest BCUT2D eigenvalue weighted by Crippen LogP contribution is 2.10. The van der Waals surface area contributed by atoms with Crippen LogP contribution in [0.15, 0.2) is 53.6 Å². The maximum atomic E-state index is 11.7. The van der Waals surface area contributed by atoms with E-state index in [1.54, 1.807) is 18.2 Å². The average molecular weight is 326 g/mol. The molecule has 8 nitrogen and oxygen atoms in total. The Morgan fingerprint density at radius 1 is 1.12 bits per heavy atom. The van der Waals surface area contributed by atoms with Gasteiger partial charge in [0, 0.05) is 17.8 Å². The molecule has 0 heterocycles. The molecule has 0 spiro atoms. The molecule has 0 aliphatic carbocycles. The molecule has 0 fully saturated rings. The third-order valence-electron chi connectivity index (χ3n) is 2.97. The van der Waals surface area contributed by atoms with Gasteiger partial charge in [0.15, 0.2) is 0 Å². The summed E-state index contributed by atoms with van der Waals surface area (Å²) in [5.74, 6) is -1.77. The molecule has 2 aromatic carbocycles. The number of hydrazone groups is 1. The third kappa shape index (κ3) is 4.73. The van der Waals surface area contributed by atoms with Gasteiger partial charge in [-0.25, -0.2) is 5.43 Å². The van der Waals surface area contributed by atoms with Crippen molar-refractivity contribution >= 4 is 29.4 Å². The van der Waals surface area contributed by atoms with E-state index in [1.807, 2.05) is 13.0 Å². The molecule has 0 unspecified atom stereocenters. The van der Waals surface area contributed by atoms with Gasteiger partial charge >= 0.3 is 11.8 Å². The van der Waals surface area contributed by atoms with Crippen LogP contribution in [0, 0.1) is 17.0 Å². The average Bonchev–Trinajstić information content (AvgIpc) is 2.55. The van der Waals surface area contributed by atoms with Crippen LogP contribution in [0.5, 0.6) is 0 Å². The van der Waals surface area contributed by atoms with Gasteiger partial charge in [-0.15, -0.1) is 0 Å². The maximum Gasteiger partial charge on any atom is 0.329 e. The SMILES string of the molecule is Cc1cccc(NC(=O)C(=O)N/N=C/c2ccc([N+](=O)[O-])cc2)c1. The number of amides is 2. The number of non-ortho nitro benzene ring substituents is 1. The number of nitrogens with zero attached hydrogens (tertiary/aromatic N) is 2. The first-order valence-corrected chi connectivity index (χ1v) is 6.91. The predicted molar refractivity (Wildman–Crippen MR) is 88.6 cm³/mol. The zero-order valence-corrected chi connectivity index (χ0v) is 12.7. The summed E-state index contributed by atoms with van der Waals surface area (Å²) in [5, 5.41) is 16.6. The van der Waals surface area contributed by atoms with Crippen LogP contribution in [-0.2, 0) is 9.59 Å². The molecular weight excluding hydrogens is 312 g/mol. The molecule has 0 aliphatic heterocycles. The minimum Gasteiger partial charge on any atom is -0.318 e. The Bertz CT molecular complexity index is 800. The molecule has 0 atom stereocenters. The molecule has 0 aliphatic rings. The van der Waals surface area contributed by atoms with Crippen molar-refractivity contribution in [3.8, 4) is 0 Å². The van der Waals surface area contributed by atoms with Crippen LogP contribution in [0.3, 0.4) is 0 Å². The Labute approximate surface area is 137 Å². The van der Waals surface area contributed by atoms with E-state index in [-0.39, 0.29) is 5.69 Å². The first-order chi connectivity index (χ1) is 11.5. The molecule has 0 saturated carbocycles. The van der Waals surface area contributed by atoms with Crippen molar-refractivity contribution in [2.75, 3.05) is 5.32 Å². The van der Waals surface area contributed by atoms with Crippen molar-refractivity contribution in [1.29, 1.82) is 0 Å². The van der Waals surface area contributed by atoms with E-state index in [0.717, 1.165) is 5.56 Å². The first-order valence-electron chi connectivity index (χ1n) is 6.91. The van der Waals surface area contributed by atoms with Gasteiger partial charge in [-0.2, -0.15) is 5.10 Å². The van der Waals surface area contributed by atoms with Crippen molar-refractivity contribution in [2.24, 2.45) is 5.10 Å². The molecule has 0 saturated heterocycles. The molecule has 122 valence electrons. The minimum atomic E-state index is -0.922. The van der Waals surface area contributed by atoms with Gasteiger partial charge in [-0.05, 0) is 42.3 Å². The molecule has 2 N–H and O–H groups in total. The Morgan fingerprint density at radius 2 is 1.83 bits per heavy atom. The number of nitrogens with one attached hydrogen (secondary N) is 2.